The van der Waals surface area contributed by atoms with Crippen LogP contribution >= 0.6 is 0 Å². The molecular weight excluding hydrogens is 322 g/mol. The van der Waals surface area contributed by atoms with E-state index in [9.17, 15) is 4.21 Å². The Morgan fingerprint density at radius 2 is 1.79 bits per heavy atom. The van der Waals surface area contributed by atoms with Gasteiger partial charge < -0.3 is 20.3 Å². The van der Waals surface area contributed by atoms with Crippen molar-refractivity contribution in [3.05, 3.63) is 24.3 Å². The second kappa shape index (κ2) is 8.32. The van der Waals surface area contributed by atoms with Crippen LogP contribution in [-0.4, -0.2) is 66.5 Å². The first kappa shape index (κ1) is 17.7. The third-order valence-corrected chi connectivity index (χ3v) is 6.38. The first-order valence-corrected chi connectivity index (χ1v) is 10.4. The van der Waals surface area contributed by atoms with Crippen LogP contribution in [0.3, 0.4) is 0 Å². The summed E-state index contributed by atoms with van der Waals surface area (Å²) in [7, 11) is -0.752. The first-order chi connectivity index (χ1) is 11.7. The molecule has 3 rings (SSSR count). The summed E-state index contributed by atoms with van der Waals surface area (Å²) in [6.45, 7) is 8.71. The molecule has 0 amide bonds. The summed E-state index contributed by atoms with van der Waals surface area (Å²) in [6.07, 6.45) is 0. The van der Waals surface area contributed by atoms with E-state index in [0.29, 0.717) is 18.9 Å². The van der Waals surface area contributed by atoms with E-state index in [2.05, 4.69) is 34.1 Å². The predicted molar refractivity (Wildman–Crippen MR) is 100 cm³/mol. The van der Waals surface area contributed by atoms with Crippen LogP contribution in [0.15, 0.2) is 24.3 Å². The summed E-state index contributed by atoms with van der Waals surface area (Å²) in [5, 5.41) is 0. The van der Waals surface area contributed by atoms with Crippen molar-refractivity contribution in [1.82, 2.24) is 4.90 Å². The fraction of sp³-hybridized carbons (Fsp3) is 0.667. The minimum absolute atomic E-state index is 0.523. The van der Waals surface area contributed by atoms with Crippen molar-refractivity contribution >= 4 is 16.5 Å². The van der Waals surface area contributed by atoms with Gasteiger partial charge in [-0.05, 0) is 43.0 Å². The molecule has 2 aliphatic rings. The average molecular weight is 352 g/mol. The Bertz CT molecular complexity index is 538. The molecule has 2 aliphatic heterocycles. The zero-order valence-electron chi connectivity index (χ0n) is 14.5. The van der Waals surface area contributed by atoms with E-state index < -0.39 is 10.8 Å². The number of nitrogens with two attached hydrogens (primary N) is 1. The van der Waals surface area contributed by atoms with Gasteiger partial charge in [0.15, 0.2) is 0 Å². The lowest BCUT2D eigenvalue weighted by atomic mass is 10.0. The van der Waals surface area contributed by atoms with Crippen molar-refractivity contribution in [3.8, 4) is 5.75 Å². The lowest BCUT2D eigenvalue weighted by Gasteiger charge is -2.23. The maximum atomic E-state index is 11.7. The van der Waals surface area contributed by atoms with Crippen molar-refractivity contribution < 1.29 is 8.95 Å². The smallest absolute Gasteiger partial charge is 0.119 e. The highest BCUT2D eigenvalue weighted by Gasteiger charge is 2.39. The van der Waals surface area contributed by atoms with Crippen LogP contribution in [0.2, 0.25) is 0 Å². The van der Waals surface area contributed by atoms with E-state index >= 15 is 0 Å². The normalized spacial score (nSPS) is 25.0. The standard InChI is InChI=1S/C18H29N3O2S/c1-2-23-18-5-3-17(4-6-18)21-13-15-11-20(12-16(15)14-21)8-10-24(22)9-7-19/h3-6,15-16H,2,7-14,19H2,1H3. The topological polar surface area (TPSA) is 58.8 Å². The molecule has 5 nitrogen and oxygen atoms in total. The zero-order chi connectivity index (χ0) is 16.9. The van der Waals surface area contributed by atoms with E-state index in [1.165, 1.54) is 5.69 Å². The van der Waals surface area contributed by atoms with Gasteiger partial charge in [-0.1, -0.05) is 0 Å². The molecule has 0 aromatic heterocycles. The molecule has 1 aromatic carbocycles. The third kappa shape index (κ3) is 4.29. The Morgan fingerprint density at radius 1 is 1.12 bits per heavy atom. The van der Waals surface area contributed by atoms with Crippen LogP contribution in [0.5, 0.6) is 5.75 Å². The van der Waals surface area contributed by atoms with E-state index in [-0.39, 0.29) is 0 Å². The number of rotatable bonds is 8. The molecule has 2 heterocycles. The molecule has 2 fully saturated rings. The minimum Gasteiger partial charge on any atom is -0.494 e. The van der Waals surface area contributed by atoms with Gasteiger partial charge in [0, 0.05) is 67.3 Å². The van der Waals surface area contributed by atoms with E-state index in [0.717, 1.165) is 56.1 Å². The number of benzene rings is 1. The molecule has 0 aliphatic carbocycles. The quantitative estimate of drug-likeness (QED) is 0.762. The Hall–Kier alpha value is -1.11. The molecule has 0 spiro atoms. The number of ether oxygens (including phenoxy) is 1. The maximum absolute atomic E-state index is 11.7. The number of hydrogen-bond donors (Lipinski definition) is 1. The Kier molecular flexibility index (Phi) is 6.14. The van der Waals surface area contributed by atoms with Crippen molar-refractivity contribution in [1.29, 1.82) is 0 Å². The molecule has 6 heteroatoms. The van der Waals surface area contributed by atoms with Crippen LogP contribution in [0, 0.1) is 11.8 Å². The molecule has 0 bridgehead atoms. The summed E-state index contributed by atoms with van der Waals surface area (Å²) >= 11 is 0. The molecular formula is C18H29N3O2S. The summed E-state index contributed by atoms with van der Waals surface area (Å²) in [5.74, 6) is 3.81. The summed E-state index contributed by atoms with van der Waals surface area (Å²) < 4.78 is 17.3. The largest absolute Gasteiger partial charge is 0.494 e. The fourth-order valence-corrected chi connectivity index (χ4v) is 4.80. The summed E-state index contributed by atoms with van der Waals surface area (Å²) in [4.78, 5) is 4.98. The average Bonchev–Trinajstić information content (AvgIpc) is 3.13. The van der Waals surface area contributed by atoms with Gasteiger partial charge in [0.2, 0.25) is 0 Å². The Labute approximate surface area is 147 Å². The van der Waals surface area contributed by atoms with Crippen LogP contribution in [-0.2, 0) is 10.8 Å². The number of fused-ring (bicyclic) bond motifs is 1. The van der Waals surface area contributed by atoms with Gasteiger partial charge in [-0.25, -0.2) is 0 Å². The van der Waals surface area contributed by atoms with Crippen molar-refractivity contribution in [2.75, 3.05) is 62.3 Å². The van der Waals surface area contributed by atoms with Gasteiger partial charge in [0.1, 0.15) is 5.75 Å². The van der Waals surface area contributed by atoms with Gasteiger partial charge in [0.05, 0.1) is 6.61 Å². The van der Waals surface area contributed by atoms with Gasteiger partial charge >= 0.3 is 0 Å². The van der Waals surface area contributed by atoms with Gasteiger partial charge in [-0.15, -0.1) is 0 Å². The Morgan fingerprint density at radius 3 is 2.38 bits per heavy atom. The fourth-order valence-electron chi connectivity index (χ4n) is 3.87. The first-order valence-electron chi connectivity index (χ1n) is 8.94. The number of likely N-dealkylation sites (tertiary alicyclic amines) is 1. The zero-order valence-corrected chi connectivity index (χ0v) is 15.3. The second-order valence-corrected chi connectivity index (χ2v) is 8.44. The molecule has 24 heavy (non-hydrogen) atoms. The van der Waals surface area contributed by atoms with Crippen molar-refractivity contribution in [3.63, 3.8) is 0 Å². The lowest BCUT2D eigenvalue weighted by molar-refractivity contribution is 0.336. The Balaban J connectivity index is 1.47. The molecule has 3 atom stereocenters. The molecule has 2 N–H and O–H groups in total. The van der Waals surface area contributed by atoms with Gasteiger partial charge in [-0.2, -0.15) is 0 Å². The van der Waals surface area contributed by atoms with Crippen LogP contribution in [0.1, 0.15) is 6.92 Å². The molecule has 0 saturated carbocycles. The van der Waals surface area contributed by atoms with Crippen LogP contribution in [0.4, 0.5) is 5.69 Å². The highest BCUT2D eigenvalue weighted by Crippen LogP contribution is 2.34. The highest BCUT2D eigenvalue weighted by molar-refractivity contribution is 7.85. The summed E-state index contributed by atoms with van der Waals surface area (Å²) in [5.41, 5.74) is 6.76. The third-order valence-electron chi connectivity index (χ3n) is 5.06. The van der Waals surface area contributed by atoms with Crippen molar-refractivity contribution in [2.24, 2.45) is 17.6 Å². The van der Waals surface area contributed by atoms with E-state index in [4.69, 9.17) is 10.5 Å². The summed E-state index contributed by atoms with van der Waals surface area (Å²) in [6, 6.07) is 8.46. The highest BCUT2D eigenvalue weighted by atomic mass is 32.2. The molecule has 134 valence electrons. The SMILES string of the molecule is CCOc1ccc(N2CC3CN(CCS(=O)CCN)CC3C2)cc1. The van der Waals surface area contributed by atoms with E-state index in [1.807, 2.05) is 6.92 Å². The van der Waals surface area contributed by atoms with E-state index in [1.54, 1.807) is 0 Å². The molecule has 3 unspecified atom stereocenters. The van der Waals surface area contributed by atoms with Gasteiger partial charge in [-0.3, -0.25) is 4.21 Å². The number of nitrogens with zero attached hydrogens (tertiary/aromatic N) is 2. The van der Waals surface area contributed by atoms with Crippen LogP contribution in [0.25, 0.3) is 0 Å². The maximum Gasteiger partial charge on any atom is 0.119 e. The molecule has 0 radical (unpaired) electrons. The predicted octanol–water partition coefficient (Wildman–Crippen LogP) is 1.16. The van der Waals surface area contributed by atoms with Crippen LogP contribution < -0.4 is 15.4 Å². The second-order valence-electron chi connectivity index (χ2n) is 6.75. The van der Waals surface area contributed by atoms with Crippen molar-refractivity contribution in [2.45, 2.75) is 6.92 Å². The minimum atomic E-state index is -0.752. The number of hydrogen-bond acceptors (Lipinski definition) is 5. The molecule has 2 saturated heterocycles. The number of anilines is 1. The van der Waals surface area contributed by atoms with Gasteiger partial charge in [0.25, 0.3) is 0 Å². The monoisotopic (exact) mass is 351 g/mol. The lowest BCUT2D eigenvalue weighted by Crippen LogP contribution is -2.31. The molecule has 1 aromatic rings.